The maximum Gasteiger partial charge on any atom is 0.314 e. The Kier molecular flexibility index (Phi) is 6.87. The monoisotopic (exact) mass is 461 g/mol. The lowest BCUT2D eigenvalue weighted by atomic mass is 9.64. The molecule has 0 aromatic heterocycles. The topological polar surface area (TPSA) is 73.7 Å². The zero-order valence-corrected chi connectivity index (χ0v) is 20.0. The lowest BCUT2D eigenvalue weighted by Crippen LogP contribution is -2.42. The molecule has 0 saturated heterocycles. The van der Waals surface area contributed by atoms with Crippen LogP contribution >= 0.6 is 0 Å². The summed E-state index contributed by atoms with van der Waals surface area (Å²) in [5.74, 6) is -0.284. The third-order valence-electron chi connectivity index (χ3n) is 6.83. The van der Waals surface area contributed by atoms with Crippen LogP contribution in [0.3, 0.4) is 0 Å². The second-order valence-corrected chi connectivity index (χ2v) is 9.44. The molecule has 0 radical (unpaired) electrons. The van der Waals surface area contributed by atoms with Gasteiger partial charge in [-0.25, -0.2) is 9.38 Å². The highest BCUT2D eigenvalue weighted by Crippen LogP contribution is 2.44. The van der Waals surface area contributed by atoms with Gasteiger partial charge in [-0.3, -0.25) is 4.79 Å². The number of halogens is 1. The number of aliphatic carboxylic acids is 1. The summed E-state index contributed by atoms with van der Waals surface area (Å²) < 4.78 is 13.6. The Morgan fingerprint density at radius 1 is 0.971 bits per heavy atom. The van der Waals surface area contributed by atoms with E-state index in [4.69, 9.17) is 4.99 Å². The van der Waals surface area contributed by atoms with Gasteiger partial charge in [0.1, 0.15) is 11.6 Å². The third kappa shape index (κ3) is 4.91. The maximum atomic E-state index is 13.6. The van der Waals surface area contributed by atoms with Gasteiger partial charge >= 0.3 is 5.97 Å². The average molecular weight is 462 g/mol. The molecule has 0 atom stereocenters. The highest BCUT2D eigenvalue weighted by atomic mass is 19.1. The van der Waals surface area contributed by atoms with Gasteiger partial charge in [0.15, 0.2) is 0 Å². The summed E-state index contributed by atoms with van der Waals surface area (Å²) in [6.07, 6.45) is 5.22. The van der Waals surface area contributed by atoms with Crippen molar-refractivity contribution >= 4 is 23.1 Å². The quantitative estimate of drug-likeness (QED) is 0.415. The van der Waals surface area contributed by atoms with Crippen LogP contribution in [-0.4, -0.2) is 16.8 Å². The van der Waals surface area contributed by atoms with Gasteiger partial charge in [0, 0.05) is 22.8 Å². The van der Waals surface area contributed by atoms with Crippen LogP contribution in [0, 0.1) is 5.82 Å². The molecule has 3 N–H and O–H groups in total. The predicted octanol–water partition coefficient (Wildman–Crippen LogP) is 7.01. The van der Waals surface area contributed by atoms with Crippen molar-refractivity contribution in [1.29, 1.82) is 0 Å². The fourth-order valence-corrected chi connectivity index (χ4v) is 4.68. The van der Waals surface area contributed by atoms with Crippen molar-refractivity contribution in [3.05, 3.63) is 82.6 Å². The molecule has 2 aromatic carbocycles. The van der Waals surface area contributed by atoms with Gasteiger partial charge in [-0.1, -0.05) is 24.6 Å². The van der Waals surface area contributed by atoms with Gasteiger partial charge in [-0.2, -0.15) is 0 Å². The largest absolute Gasteiger partial charge is 0.481 e. The van der Waals surface area contributed by atoms with Crippen LogP contribution < -0.4 is 10.6 Å². The van der Waals surface area contributed by atoms with Crippen LogP contribution in [0.4, 0.5) is 15.8 Å². The lowest BCUT2D eigenvalue weighted by molar-refractivity contribution is -0.147. The van der Waals surface area contributed by atoms with E-state index in [0.29, 0.717) is 18.5 Å². The van der Waals surface area contributed by atoms with Crippen molar-refractivity contribution in [2.45, 2.75) is 64.7 Å². The number of carbonyl (C=O) groups is 1. The number of allylic oxidation sites excluding steroid dienone is 3. The molecule has 178 valence electrons. The highest BCUT2D eigenvalue weighted by Gasteiger charge is 2.45. The van der Waals surface area contributed by atoms with Crippen molar-refractivity contribution in [2.75, 3.05) is 10.6 Å². The molecule has 2 saturated carbocycles. The molecule has 0 heterocycles. The van der Waals surface area contributed by atoms with Crippen LogP contribution in [-0.2, 0) is 10.2 Å². The molecule has 0 unspecified atom stereocenters. The highest BCUT2D eigenvalue weighted by molar-refractivity contribution is 6.03. The average Bonchev–Trinajstić information content (AvgIpc) is 3.22. The minimum atomic E-state index is -0.730. The lowest BCUT2D eigenvalue weighted by Gasteiger charge is -2.38. The fourth-order valence-electron chi connectivity index (χ4n) is 4.68. The van der Waals surface area contributed by atoms with Gasteiger partial charge in [0.25, 0.3) is 0 Å². The van der Waals surface area contributed by atoms with E-state index in [0.717, 1.165) is 59.7 Å². The first-order chi connectivity index (χ1) is 16.3. The molecule has 2 fully saturated rings. The van der Waals surface area contributed by atoms with Gasteiger partial charge in [0.05, 0.1) is 5.41 Å². The number of rotatable bonds is 7. The molecular weight excluding hydrogens is 429 g/mol. The van der Waals surface area contributed by atoms with E-state index in [-0.39, 0.29) is 5.82 Å². The van der Waals surface area contributed by atoms with Gasteiger partial charge in [-0.05, 0) is 99.9 Å². The standard InChI is InChI=1S/C28H32FN3O2/c1-18(2)26(31-23-8-4-7-21(29)17-23)32-25-10-5-9-24(25)19(3)30-22-13-11-20(12-14-22)28(27(33)34)15-6-16-28/h4,7-8,11-14,17,30-31H,5-6,9-10,15-16H2,1-3H3,(H,33,34)/b24-19+,32-25-. The molecule has 6 heteroatoms. The van der Waals surface area contributed by atoms with Crippen LogP contribution in [0.1, 0.15) is 64.9 Å². The minimum absolute atomic E-state index is 0.287. The number of nitrogens with one attached hydrogen (secondary N) is 2. The van der Waals surface area contributed by atoms with Crippen molar-refractivity contribution in [2.24, 2.45) is 4.99 Å². The molecule has 0 amide bonds. The molecule has 2 aliphatic rings. The molecule has 0 spiro atoms. The fraction of sp³-hybridized carbons (Fsp3) is 0.357. The summed E-state index contributed by atoms with van der Waals surface area (Å²) >= 11 is 0. The van der Waals surface area contributed by atoms with Crippen molar-refractivity contribution in [3.63, 3.8) is 0 Å². The second kappa shape index (κ2) is 9.84. The number of aliphatic imine (C=N–C) groups is 1. The Hall–Kier alpha value is -3.41. The summed E-state index contributed by atoms with van der Waals surface area (Å²) in [6, 6.07) is 14.2. The minimum Gasteiger partial charge on any atom is -0.481 e. The van der Waals surface area contributed by atoms with Crippen molar-refractivity contribution in [1.82, 2.24) is 0 Å². The molecule has 4 rings (SSSR count). The molecule has 0 aliphatic heterocycles. The normalized spacial score (nSPS) is 19.4. The molecule has 0 bridgehead atoms. The maximum absolute atomic E-state index is 13.6. The van der Waals surface area contributed by atoms with E-state index >= 15 is 0 Å². The Bertz CT molecular complexity index is 1170. The van der Waals surface area contributed by atoms with E-state index < -0.39 is 11.4 Å². The Labute approximate surface area is 200 Å². The first-order valence-corrected chi connectivity index (χ1v) is 11.9. The SMILES string of the molecule is CC(C)=C(/N=C1/CCC/C1=C(/C)Nc1ccc(C2(C(=O)O)CCC2)cc1)Nc1cccc(F)c1. The first-order valence-electron chi connectivity index (χ1n) is 11.9. The number of hydrogen-bond acceptors (Lipinski definition) is 4. The Morgan fingerprint density at radius 2 is 1.71 bits per heavy atom. The predicted molar refractivity (Wildman–Crippen MR) is 136 cm³/mol. The van der Waals surface area contributed by atoms with Crippen molar-refractivity contribution < 1.29 is 14.3 Å². The Balaban J connectivity index is 1.53. The van der Waals surface area contributed by atoms with E-state index in [9.17, 15) is 14.3 Å². The summed E-state index contributed by atoms with van der Waals surface area (Å²) in [4.78, 5) is 16.7. The van der Waals surface area contributed by atoms with Crippen LogP contribution in [0.5, 0.6) is 0 Å². The van der Waals surface area contributed by atoms with Gasteiger partial charge in [0.2, 0.25) is 0 Å². The van der Waals surface area contributed by atoms with Crippen LogP contribution in [0.25, 0.3) is 0 Å². The summed E-state index contributed by atoms with van der Waals surface area (Å²) in [6.45, 7) is 6.03. The summed E-state index contributed by atoms with van der Waals surface area (Å²) in [5, 5.41) is 16.4. The number of carboxylic acids is 1. The number of anilines is 2. The summed E-state index contributed by atoms with van der Waals surface area (Å²) in [5.41, 5.74) is 6.04. The van der Waals surface area contributed by atoms with Crippen LogP contribution in [0.2, 0.25) is 0 Å². The Morgan fingerprint density at radius 3 is 2.29 bits per heavy atom. The van der Waals surface area contributed by atoms with Crippen molar-refractivity contribution in [3.8, 4) is 0 Å². The molecule has 5 nitrogen and oxygen atoms in total. The van der Waals surface area contributed by atoms with Gasteiger partial charge in [-0.15, -0.1) is 0 Å². The molecular formula is C28H32FN3O2. The number of hydrogen-bond donors (Lipinski definition) is 3. The van der Waals surface area contributed by atoms with E-state index in [1.54, 1.807) is 6.07 Å². The zero-order valence-electron chi connectivity index (χ0n) is 20.0. The van der Waals surface area contributed by atoms with E-state index in [1.807, 2.05) is 44.2 Å². The van der Waals surface area contributed by atoms with E-state index in [2.05, 4.69) is 17.6 Å². The molecule has 2 aromatic rings. The second-order valence-electron chi connectivity index (χ2n) is 9.44. The molecule has 2 aliphatic carbocycles. The first kappa shape index (κ1) is 23.7. The van der Waals surface area contributed by atoms with E-state index in [1.165, 1.54) is 17.7 Å². The van der Waals surface area contributed by atoms with Crippen LogP contribution in [0.15, 0.2) is 76.2 Å². The molecule has 34 heavy (non-hydrogen) atoms. The number of nitrogens with zero attached hydrogens (tertiary/aromatic N) is 1. The summed E-state index contributed by atoms with van der Waals surface area (Å²) in [7, 11) is 0. The number of benzene rings is 2. The third-order valence-corrected chi connectivity index (χ3v) is 6.83. The number of carboxylic acid groups (broad SMARTS) is 1. The van der Waals surface area contributed by atoms with Gasteiger partial charge < -0.3 is 15.7 Å². The zero-order chi connectivity index (χ0) is 24.3. The smallest absolute Gasteiger partial charge is 0.314 e.